The number of carboxylic acids is 1. The molecule has 0 aliphatic rings. The van der Waals surface area contributed by atoms with E-state index in [-0.39, 0.29) is 12.8 Å². The first kappa shape index (κ1) is 19.4. The minimum absolute atomic E-state index is 0.0000689. The van der Waals surface area contributed by atoms with Crippen LogP contribution in [0.5, 0.6) is 0 Å². The van der Waals surface area contributed by atoms with Gasteiger partial charge in [0.2, 0.25) is 5.91 Å². The smallest absolute Gasteiger partial charge is 0.321 e. The molecular weight excluding hydrogens is 272 g/mol. The van der Waals surface area contributed by atoms with Gasteiger partial charge in [-0.05, 0) is 17.8 Å². The molecule has 0 aromatic rings. The van der Waals surface area contributed by atoms with Gasteiger partial charge >= 0.3 is 12.0 Å². The Morgan fingerprint density at radius 3 is 2.24 bits per heavy atom. The number of carbonyl (C=O) groups excluding carboxylic acids is 2. The van der Waals surface area contributed by atoms with Gasteiger partial charge in [0.15, 0.2) is 0 Å². The average Bonchev–Trinajstić information content (AvgIpc) is 2.24. The fourth-order valence-electron chi connectivity index (χ4n) is 2.00. The van der Waals surface area contributed by atoms with E-state index in [1.165, 1.54) is 0 Å². The van der Waals surface area contributed by atoms with Gasteiger partial charge < -0.3 is 10.4 Å². The second-order valence-corrected chi connectivity index (χ2v) is 6.61. The molecule has 0 unspecified atom stereocenters. The van der Waals surface area contributed by atoms with Gasteiger partial charge in [0.1, 0.15) is 0 Å². The van der Waals surface area contributed by atoms with E-state index in [0.717, 1.165) is 19.3 Å². The van der Waals surface area contributed by atoms with Crippen LogP contribution in [0.4, 0.5) is 4.79 Å². The molecule has 0 fully saturated rings. The average molecular weight is 300 g/mol. The summed E-state index contributed by atoms with van der Waals surface area (Å²) >= 11 is 0. The van der Waals surface area contributed by atoms with Gasteiger partial charge in [0.25, 0.3) is 0 Å². The van der Waals surface area contributed by atoms with E-state index in [2.05, 4.69) is 24.5 Å². The number of aliphatic carboxylic acids is 1. The standard InChI is InChI=1S/C15H28N2O4/c1-11(2)7-5-6-8-16-14(21)17-12(18)9-15(3,4)10-13(19)20/h11H,5-10H2,1-4H3,(H,19,20)(H2,16,17,18,21). The molecule has 0 saturated heterocycles. The molecule has 0 aromatic carbocycles. The Kier molecular flexibility index (Phi) is 8.66. The van der Waals surface area contributed by atoms with Crippen molar-refractivity contribution < 1.29 is 19.5 Å². The minimum Gasteiger partial charge on any atom is -0.481 e. The number of hydrogen-bond donors (Lipinski definition) is 3. The van der Waals surface area contributed by atoms with Crippen LogP contribution in [0.2, 0.25) is 0 Å². The molecule has 3 amide bonds. The minimum atomic E-state index is -0.956. The fraction of sp³-hybridized carbons (Fsp3) is 0.800. The number of carbonyl (C=O) groups is 3. The summed E-state index contributed by atoms with van der Waals surface area (Å²) in [6.45, 7) is 8.20. The van der Waals surface area contributed by atoms with Crippen LogP contribution in [0.15, 0.2) is 0 Å². The van der Waals surface area contributed by atoms with Crippen LogP contribution in [0.1, 0.15) is 59.8 Å². The molecule has 6 heteroatoms. The summed E-state index contributed by atoms with van der Waals surface area (Å²) in [5.74, 6) is -0.764. The van der Waals surface area contributed by atoms with Crippen LogP contribution in [-0.2, 0) is 9.59 Å². The largest absolute Gasteiger partial charge is 0.481 e. The van der Waals surface area contributed by atoms with Crippen molar-refractivity contribution in [2.75, 3.05) is 6.54 Å². The third-order valence-corrected chi connectivity index (χ3v) is 3.02. The van der Waals surface area contributed by atoms with Crippen molar-refractivity contribution in [1.29, 1.82) is 0 Å². The van der Waals surface area contributed by atoms with Crippen molar-refractivity contribution in [1.82, 2.24) is 10.6 Å². The van der Waals surface area contributed by atoms with E-state index in [9.17, 15) is 14.4 Å². The van der Waals surface area contributed by atoms with Crippen molar-refractivity contribution in [3.8, 4) is 0 Å². The molecule has 0 bridgehead atoms. The molecule has 122 valence electrons. The zero-order valence-electron chi connectivity index (χ0n) is 13.5. The van der Waals surface area contributed by atoms with E-state index in [1.54, 1.807) is 13.8 Å². The maximum atomic E-state index is 11.7. The van der Waals surface area contributed by atoms with Crippen molar-refractivity contribution in [3.63, 3.8) is 0 Å². The number of urea groups is 1. The molecule has 21 heavy (non-hydrogen) atoms. The summed E-state index contributed by atoms with van der Waals surface area (Å²) in [4.78, 5) is 33.8. The van der Waals surface area contributed by atoms with Gasteiger partial charge in [0, 0.05) is 13.0 Å². The predicted molar refractivity (Wildman–Crippen MR) is 80.9 cm³/mol. The molecule has 0 spiro atoms. The van der Waals surface area contributed by atoms with Crippen molar-refractivity contribution in [2.45, 2.75) is 59.8 Å². The molecule has 3 N–H and O–H groups in total. The van der Waals surface area contributed by atoms with E-state index >= 15 is 0 Å². The topological polar surface area (TPSA) is 95.5 Å². The summed E-state index contributed by atoms with van der Waals surface area (Å²) in [6.07, 6.45) is 2.92. The maximum absolute atomic E-state index is 11.7. The number of amides is 3. The van der Waals surface area contributed by atoms with Crippen LogP contribution < -0.4 is 10.6 Å². The molecule has 0 aromatic heterocycles. The Morgan fingerprint density at radius 1 is 1.10 bits per heavy atom. The van der Waals surface area contributed by atoms with Crippen LogP contribution in [0.3, 0.4) is 0 Å². The molecule has 0 heterocycles. The number of nitrogens with one attached hydrogen (secondary N) is 2. The number of imide groups is 1. The second-order valence-electron chi connectivity index (χ2n) is 6.61. The lowest BCUT2D eigenvalue weighted by Crippen LogP contribution is -2.41. The summed E-state index contributed by atoms with van der Waals surface area (Å²) in [7, 11) is 0. The number of unbranched alkanes of at least 4 members (excludes halogenated alkanes) is 1. The molecule has 0 saturated carbocycles. The monoisotopic (exact) mass is 300 g/mol. The Labute approximate surface area is 126 Å². The summed E-state index contributed by atoms with van der Waals surface area (Å²) < 4.78 is 0. The lowest BCUT2D eigenvalue weighted by molar-refractivity contribution is -0.139. The SMILES string of the molecule is CC(C)CCCCNC(=O)NC(=O)CC(C)(C)CC(=O)O. The molecule has 0 aliphatic heterocycles. The third-order valence-electron chi connectivity index (χ3n) is 3.02. The first-order valence-corrected chi connectivity index (χ1v) is 7.42. The first-order chi connectivity index (χ1) is 9.62. The highest BCUT2D eigenvalue weighted by Gasteiger charge is 2.25. The highest BCUT2D eigenvalue weighted by molar-refractivity contribution is 5.94. The molecule has 0 radical (unpaired) electrons. The first-order valence-electron chi connectivity index (χ1n) is 7.42. The highest BCUT2D eigenvalue weighted by atomic mass is 16.4. The van der Waals surface area contributed by atoms with Gasteiger partial charge in [-0.2, -0.15) is 0 Å². The van der Waals surface area contributed by atoms with Crippen LogP contribution in [0, 0.1) is 11.3 Å². The zero-order chi connectivity index (χ0) is 16.5. The van der Waals surface area contributed by atoms with Crippen molar-refractivity contribution in [2.24, 2.45) is 11.3 Å². The molecule has 6 nitrogen and oxygen atoms in total. The van der Waals surface area contributed by atoms with Gasteiger partial charge in [0.05, 0.1) is 6.42 Å². The lowest BCUT2D eigenvalue weighted by Gasteiger charge is -2.21. The van der Waals surface area contributed by atoms with E-state index < -0.39 is 23.3 Å². The van der Waals surface area contributed by atoms with E-state index in [0.29, 0.717) is 12.5 Å². The van der Waals surface area contributed by atoms with Crippen LogP contribution in [-0.4, -0.2) is 29.6 Å². The normalized spacial score (nSPS) is 11.3. The Bertz CT molecular complexity index is 365. The molecule has 0 aliphatic carbocycles. The Hall–Kier alpha value is -1.59. The molecule has 0 atom stereocenters. The van der Waals surface area contributed by atoms with Gasteiger partial charge in [-0.1, -0.05) is 40.5 Å². The van der Waals surface area contributed by atoms with Crippen LogP contribution in [0.25, 0.3) is 0 Å². The maximum Gasteiger partial charge on any atom is 0.321 e. The summed E-state index contributed by atoms with van der Waals surface area (Å²) in [5, 5.41) is 13.6. The summed E-state index contributed by atoms with van der Waals surface area (Å²) in [5.41, 5.74) is -0.673. The second kappa shape index (κ2) is 9.37. The van der Waals surface area contributed by atoms with E-state index in [1.807, 2.05) is 0 Å². The Morgan fingerprint density at radius 2 is 1.71 bits per heavy atom. The predicted octanol–water partition coefficient (Wildman–Crippen LogP) is 2.53. The van der Waals surface area contributed by atoms with Crippen molar-refractivity contribution in [3.05, 3.63) is 0 Å². The van der Waals surface area contributed by atoms with Crippen LogP contribution >= 0.6 is 0 Å². The zero-order valence-corrected chi connectivity index (χ0v) is 13.5. The quantitative estimate of drug-likeness (QED) is 0.570. The van der Waals surface area contributed by atoms with Gasteiger partial charge in [-0.15, -0.1) is 0 Å². The third kappa shape index (κ3) is 11.9. The van der Waals surface area contributed by atoms with Crippen molar-refractivity contribution >= 4 is 17.9 Å². The highest BCUT2D eigenvalue weighted by Crippen LogP contribution is 2.24. The van der Waals surface area contributed by atoms with Gasteiger partial charge in [-0.3, -0.25) is 14.9 Å². The lowest BCUT2D eigenvalue weighted by atomic mass is 9.85. The fourth-order valence-corrected chi connectivity index (χ4v) is 2.00. The molecular formula is C15H28N2O4. The number of rotatable bonds is 9. The summed E-state index contributed by atoms with van der Waals surface area (Å²) in [6, 6.07) is -0.518. The molecule has 0 rings (SSSR count). The number of carboxylic acid groups (broad SMARTS) is 1. The Balaban J connectivity index is 3.89. The van der Waals surface area contributed by atoms with Gasteiger partial charge in [-0.25, -0.2) is 4.79 Å². The van der Waals surface area contributed by atoms with E-state index in [4.69, 9.17) is 5.11 Å². The number of hydrogen-bond acceptors (Lipinski definition) is 3.